The molecule has 0 radical (unpaired) electrons. The summed E-state index contributed by atoms with van der Waals surface area (Å²) in [6, 6.07) is 0.202. The fraction of sp³-hybridized carbons (Fsp3) is 0.667. The van der Waals surface area contributed by atoms with Crippen molar-refractivity contribution in [3.05, 3.63) is 21.6 Å². The van der Waals surface area contributed by atoms with Gasteiger partial charge >= 0.3 is 5.56 Å². The Balaban J connectivity index is 2.34. The highest BCUT2D eigenvalue weighted by Gasteiger charge is 2.20. The monoisotopic (exact) mass is 256 g/mol. The molecule has 1 aromatic heterocycles. The van der Waals surface area contributed by atoms with Crippen LogP contribution >= 0.6 is 11.6 Å². The van der Waals surface area contributed by atoms with E-state index >= 15 is 0 Å². The molecule has 0 amide bonds. The van der Waals surface area contributed by atoms with E-state index in [4.69, 9.17) is 16.3 Å². The fourth-order valence-corrected chi connectivity index (χ4v) is 2.47. The van der Waals surface area contributed by atoms with Crippen molar-refractivity contribution >= 4 is 11.6 Å². The number of ether oxygens (including phenoxy) is 1. The first-order chi connectivity index (χ1) is 8.24. The van der Waals surface area contributed by atoms with Crippen molar-refractivity contribution in [3.8, 4) is 5.75 Å². The van der Waals surface area contributed by atoms with Crippen LogP contribution in [0.1, 0.15) is 45.1 Å². The van der Waals surface area contributed by atoms with Crippen LogP contribution in [0.25, 0.3) is 0 Å². The van der Waals surface area contributed by atoms with Crippen molar-refractivity contribution in [1.82, 2.24) is 9.78 Å². The van der Waals surface area contributed by atoms with Crippen molar-refractivity contribution in [2.75, 3.05) is 6.61 Å². The van der Waals surface area contributed by atoms with Crippen LogP contribution in [-0.2, 0) is 0 Å². The molecule has 1 aliphatic carbocycles. The van der Waals surface area contributed by atoms with Crippen LogP contribution in [0.5, 0.6) is 5.75 Å². The SMILES string of the molecule is CCOc1c(Cl)cnn(C2CCCCC2)c1=O. The van der Waals surface area contributed by atoms with Crippen LogP contribution < -0.4 is 10.3 Å². The summed E-state index contributed by atoms with van der Waals surface area (Å²) in [5, 5.41) is 4.43. The maximum atomic E-state index is 12.2. The van der Waals surface area contributed by atoms with E-state index in [1.165, 1.54) is 17.3 Å². The largest absolute Gasteiger partial charge is 0.487 e. The molecule has 0 aliphatic heterocycles. The summed E-state index contributed by atoms with van der Waals surface area (Å²) in [4.78, 5) is 12.2. The van der Waals surface area contributed by atoms with Crippen LogP contribution in [-0.4, -0.2) is 16.4 Å². The number of halogens is 1. The Morgan fingerprint density at radius 2 is 2.18 bits per heavy atom. The molecule has 0 N–H and O–H groups in total. The lowest BCUT2D eigenvalue weighted by Gasteiger charge is -2.23. The number of rotatable bonds is 3. The highest BCUT2D eigenvalue weighted by molar-refractivity contribution is 6.31. The molecule has 1 heterocycles. The van der Waals surface area contributed by atoms with Crippen molar-refractivity contribution < 1.29 is 4.74 Å². The van der Waals surface area contributed by atoms with Crippen LogP contribution in [0.2, 0.25) is 5.02 Å². The van der Waals surface area contributed by atoms with E-state index < -0.39 is 0 Å². The summed E-state index contributed by atoms with van der Waals surface area (Å²) in [5.74, 6) is 0.231. The van der Waals surface area contributed by atoms with Crippen molar-refractivity contribution in [1.29, 1.82) is 0 Å². The molecule has 1 aromatic rings. The molecule has 0 saturated heterocycles. The predicted molar refractivity (Wildman–Crippen MR) is 66.8 cm³/mol. The summed E-state index contributed by atoms with van der Waals surface area (Å²) in [7, 11) is 0. The molecule has 1 aliphatic rings. The molecule has 5 heteroatoms. The van der Waals surface area contributed by atoms with Gasteiger partial charge in [0, 0.05) is 0 Å². The van der Waals surface area contributed by atoms with Crippen molar-refractivity contribution in [3.63, 3.8) is 0 Å². The van der Waals surface area contributed by atoms with E-state index in [1.54, 1.807) is 0 Å². The average molecular weight is 257 g/mol. The number of nitrogens with zero attached hydrogens (tertiary/aromatic N) is 2. The van der Waals surface area contributed by atoms with Gasteiger partial charge in [-0.3, -0.25) is 4.79 Å². The minimum Gasteiger partial charge on any atom is -0.487 e. The quantitative estimate of drug-likeness (QED) is 0.835. The van der Waals surface area contributed by atoms with Gasteiger partial charge in [-0.1, -0.05) is 30.9 Å². The Bertz CT molecular complexity index is 439. The average Bonchev–Trinajstić information content (AvgIpc) is 2.36. The molecular weight excluding hydrogens is 240 g/mol. The molecule has 1 fully saturated rings. The molecule has 0 aromatic carbocycles. The van der Waals surface area contributed by atoms with Gasteiger partial charge in [-0.25, -0.2) is 4.68 Å². The van der Waals surface area contributed by atoms with Crippen LogP contribution in [0.3, 0.4) is 0 Å². The van der Waals surface area contributed by atoms with E-state index in [9.17, 15) is 4.79 Å². The molecular formula is C12H17ClN2O2. The second kappa shape index (κ2) is 5.54. The standard InChI is InChI=1S/C12H17ClN2O2/c1-2-17-11-10(13)8-14-15(12(11)16)9-6-4-3-5-7-9/h8-9H,2-7H2,1H3. The normalized spacial score (nSPS) is 17.1. The van der Waals surface area contributed by atoms with E-state index in [-0.39, 0.29) is 17.4 Å². The van der Waals surface area contributed by atoms with Gasteiger partial charge in [-0.05, 0) is 19.8 Å². The molecule has 4 nitrogen and oxygen atoms in total. The highest BCUT2D eigenvalue weighted by Crippen LogP contribution is 2.27. The summed E-state index contributed by atoms with van der Waals surface area (Å²) in [6.45, 7) is 2.27. The second-order valence-electron chi connectivity index (χ2n) is 4.30. The lowest BCUT2D eigenvalue weighted by atomic mass is 9.96. The van der Waals surface area contributed by atoms with Gasteiger partial charge in [-0.2, -0.15) is 5.10 Å². The Morgan fingerprint density at radius 3 is 2.82 bits per heavy atom. The van der Waals surface area contributed by atoms with E-state index in [2.05, 4.69) is 5.10 Å². The zero-order valence-corrected chi connectivity index (χ0v) is 10.7. The molecule has 94 valence electrons. The first-order valence-corrected chi connectivity index (χ1v) is 6.52. The number of hydrogen-bond acceptors (Lipinski definition) is 3. The first-order valence-electron chi connectivity index (χ1n) is 6.14. The molecule has 2 rings (SSSR count). The Kier molecular flexibility index (Phi) is 4.05. The van der Waals surface area contributed by atoms with E-state index in [0.29, 0.717) is 11.6 Å². The van der Waals surface area contributed by atoms with Crippen molar-refractivity contribution in [2.45, 2.75) is 45.1 Å². The maximum absolute atomic E-state index is 12.2. The summed E-state index contributed by atoms with van der Waals surface area (Å²) < 4.78 is 6.83. The third kappa shape index (κ3) is 2.63. The van der Waals surface area contributed by atoms with Gasteiger partial charge in [0.25, 0.3) is 0 Å². The highest BCUT2D eigenvalue weighted by atomic mass is 35.5. The zero-order valence-electron chi connectivity index (χ0n) is 9.99. The smallest absolute Gasteiger partial charge is 0.310 e. The topological polar surface area (TPSA) is 44.1 Å². The molecule has 0 atom stereocenters. The maximum Gasteiger partial charge on any atom is 0.310 e. The predicted octanol–water partition coefficient (Wildman–Crippen LogP) is 2.80. The lowest BCUT2D eigenvalue weighted by Crippen LogP contribution is -2.29. The third-order valence-corrected chi connectivity index (χ3v) is 3.39. The Hall–Kier alpha value is -1.03. The summed E-state index contributed by atoms with van der Waals surface area (Å²) >= 11 is 5.92. The van der Waals surface area contributed by atoms with Gasteiger partial charge in [0.1, 0.15) is 5.02 Å². The number of aromatic nitrogens is 2. The van der Waals surface area contributed by atoms with Crippen LogP contribution in [0.15, 0.2) is 11.0 Å². The van der Waals surface area contributed by atoms with E-state index in [0.717, 1.165) is 25.7 Å². The second-order valence-corrected chi connectivity index (χ2v) is 4.70. The van der Waals surface area contributed by atoms with Gasteiger partial charge in [-0.15, -0.1) is 0 Å². The van der Waals surface area contributed by atoms with Gasteiger partial charge in [0.05, 0.1) is 18.8 Å². The first kappa shape index (κ1) is 12.4. The molecule has 0 spiro atoms. The lowest BCUT2D eigenvalue weighted by molar-refractivity contribution is 0.294. The van der Waals surface area contributed by atoms with Crippen LogP contribution in [0, 0.1) is 0 Å². The minimum absolute atomic E-state index is 0.202. The Morgan fingerprint density at radius 1 is 1.47 bits per heavy atom. The summed E-state index contributed by atoms with van der Waals surface area (Å²) in [5.41, 5.74) is -0.203. The molecule has 1 saturated carbocycles. The minimum atomic E-state index is -0.203. The molecule has 0 unspecified atom stereocenters. The van der Waals surface area contributed by atoms with Crippen LogP contribution in [0.4, 0.5) is 0 Å². The summed E-state index contributed by atoms with van der Waals surface area (Å²) in [6.07, 6.45) is 7.09. The van der Waals surface area contributed by atoms with E-state index in [1.807, 2.05) is 6.92 Å². The van der Waals surface area contributed by atoms with Gasteiger partial charge in [0.15, 0.2) is 0 Å². The Labute approximate surface area is 106 Å². The van der Waals surface area contributed by atoms with Gasteiger partial charge < -0.3 is 4.74 Å². The fourth-order valence-electron chi connectivity index (χ4n) is 2.29. The van der Waals surface area contributed by atoms with Gasteiger partial charge in [0.2, 0.25) is 5.75 Å². The molecule has 17 heavy (non-hydrogen) atoms. The zero-order chi connectivity index (χ0) is 12.3. The third-order valence-electron chi connectivity index (χ3n) is 3.12. The number of hydrogen-bond donors (Lipinski definition) is 0. The molecule has 0 bridgehead atoms. The van der Waals surface area contributed by atoms with Crippen molar-refractivity contribution in [2.24, 2.45) is 0 Å².